The number of sulfonamides is 1. The lowest BCUT2D eigenvalue weighted by molar-refractivity contribution is 0.0696. The molecular weight excluding hydrogens is 514 g/mol. The fraction of sp³-hybridized carbons (Fsp3) is 0.207. The number of benzene rings is 3. The van der Waals surface area contributed by atoms with E-state index in [0.29, 0.717) is 24.6 Å². The van der Waals surface area contributed by atoms with E-state index in [1.807, 2.05) is 57.2 Å². The highest BCUT2D eigenvalue weighted by atomic mass is 32.2. The summed E-state index contributed by atoms with van der Waals surface area (Å²) in [6.07, 6.45) is 0. The highest BCUT2D eigenvalue weighted by Crippen LogP contribution is 2.29. The van der Waals surface area contributed by atoms with Crippen LogP contribution >= 0.6 is 0 Å². The summed E-state index contributed by atoms with van der Waals surface area (Å²) in [7, 11) is -4.16. The zero-order valence-corrected chi connectivity index (χ0v) is 22.8. The van der Waals surface area contributed by atoms with Crippen LogP contribution < -0.4 is 15.4 Å². The van der Waals surface area contributed by atoms with Crippen LogP contribution in [0.2, 0.25) is 0 Å². The van der Waals surface area contributed by atoms with Crippen LogP contribution in [-0.4, -0.2) is 42.0 Å². The summed E-state index contributed by atoms with van der Waals surface area (Å²) in [4.78, 5) is 20.1. The van der Waals surface area contributed by atoms with E-state index in [0.717, 1.165) is 22.8 Å². The third kappa shape index (κ3) is 7.18. The van der Waals surface area contributed by atoms with Crippen molar-refractivity contribution >= 4 is 27.8 Å². The molecule has 202 valence electrons. The molecule has 0 aliphatic heterocycles. The topological polar surface area (TPSA) is 133 Å². The number of aryl methyl sites for hydroxylation is 2. The number of aromatic carboxylic acids is 1. The molecule has 4 N–H and O–H groups in total. The third-order valence-electron chi connectivity index (χ3n) is 6.10. The molecule has 0 aliphatic carbocycles. The highest BCUT2D eigenvalue weighted by Gasteiger charge is 2.20. The van der Waals surface area contributed by atoms with E-state index in [9.17, 15) is 18.3 Å². The van der Waals surface area contributed by atoms with E-state index in [-0.39, 0.29) is 22.4 Å². The summed E-state index contributed by atoms with van der Waals surface area (Å²) in [6.45, 7) is 7.29. The quantitative estimate of drug-likeness (QED) is 0.210. The second-order valence-electron chi connectivity index (χ2n) is 9.33. The summed E-state index contributed by atoms with van der Waals surface area (Å²) in [5.41, 5.74) is 4.45. The monoisotopic (exact) mass is 545 g/mol. The molecule has 0 saturated carbocycles. The third-order valence-corrected chi connectivity index (χ3v) is 7.42. The molecule has 0 fully saturated rings. The van der Waals surface area contributed by atoms with Crippen LogP contribution in [0.15, 0.2) is 83.8 Å². The van der Waals surface area contributed by atoms with Crippen LogP contribution in [0.5, 0.6) is 0 Å². The Hall–Kier alpha value is -4.28. The van der Waals surface area contributed by atoms with Crippen LogP contribution in [0.1, 0.15) is 34.0 Å². The van der Waals surface area contributed by atoms with Crippen molar-refractivity contribution in [2.24, 2.45) is 0 Å². The van der Waals surface area contributed by atoms with Gasteiger partial charge in [-0.05, 0) is 55.7 Å². The van der Waals surface area contributed by atoms with Gasteiger partial charge < -0.3 is 15.7 Å². The second kappa shape index (κ2) is 12.1. The molecule has 0 spiro atoms. The van der Waals surface area contributed by atoms with Gasteiger partial charge in [-0.3, -0.25) is 0 Å². The summed E-state index contributed by atoms with van der Waals surface area (Å²) in [5.74, 6) is -0.891. The first kappa shape index (κ1) is 27.7. The number of hydrogen-bond donors (Lipinski definition) is 4. The van der Waals surface area contributed by atoms with Crippen molar-refractivity contribution in [1.82, 2.24) is 15.3 Å². The molecule has 1 aromatic heterocycles. The summed E-state index contributed by atoms with van der Waals surface area (Å²) >= 11 is 0. The van der Waals surface area contributed by atoms with Crippen molar-refractivity contribution in [2.75, 3.05) is 16.6 Å². The van der Waals surface area contributed by atoms with Crippen LogP contribution in [-0.2, 0) is 16.6 Å². The van der Waals surface area contributed by atoms with Crippen molar-refractivity contribution in [2.45, 2.75) is 38.3 Å². The van der Waals surface area contributed by atoms with Crippen LogP contribution in [0.3, 0.4) is 0 Å². The normalized spacial score (nSPS) is 12.1. The zero-order chi connectivity index (χ0) is 28.0. The molecule has 3 aromatic carbocycles. The Morgan fingerprint density at radius 1 is 0.923 bits per heavy atom. The maximum atomic E-state index is 13.2. The molecule has 0 amide bonds. The minimum Gasteiger partial charge on any atom is -0.478 e. The van der Waals surface area contributed by atoms with E-state index >= 15 is 0 Å². The fourth-order valence-corrected chi connectivity index (χ4v) is 5.21. The lowest BCUT2D eigenvalue weighted by atomic mass is 10.00. The predicted octanol–water partition coefficient (Wildman–Crippen LogP) is 4.85. The SMILES string of the molecule is Cc1cccc(C)c1-c1cc(N[C@H](C)CNCc2ccccc2)nc(NS(=O)(=O)c2cccc(C(=O)O)c2)n1. The Labute approximate surface area is 228 Å². The number of carboxylic acids is 1. The average Bonchev–Trinajstić information content (AvgIpc) is 2.89. The van der Waals surface area contributed by atoms with Gasteiger partial charge in [-0.25, -0.2) is 22.9 Å². The van der Waals surface area contributed by atoms with Gasteiger partial charge in [0.2, 0.25) is 5.95 Å². The Kier molecular flexibility index (Phi) is 8.58. The van der Waals surface area contributed by atoms with E-state index in [1.165, 1.54) is 23.8 Å². The minimum absolute atomic E-state index is 0.0360. The highest BCUT2D eigenvalue weighted by molar-refractivity contribution is 7.92. The van der Waals surface area contributed by atoms with Gasteiger partial charge in [0.1, 0.15) is 5.82 Å². The van der Waals surface area contributed by atoms with Crippen molar-refractivity contribution in [3.05, 3.63) is 101 Å². The summed E-state index contributed by atoms with van der Waals surface area (Å²) in [5, 5.41) is 16.0. The lowest BCUT2D eigenvalue weighted by Gasteiger charge is -2.18. The maximum absolute atomic E-state index is 13.2. The Morgan fingerprint density at radius 2 is 1.62 bits per heavy atom. The van der Waals surface area contributed by atoms with Crippen LogP contribution in [0, 0.1) is 13.8 Å². The lowest BCUT2D eigenvalue weighted by Crippen LogP contribution is -2.30. The van der Waals surface area contributed by atoms with Gasteiger partial charge in [-0.15, -0.1) is 0 Å². The van der Waals surface area contributed by atoms with E-state index in [2.05, 4.69) is 37.5 Å². The largest absolute Gasteiger partial charge is 0.478 e. The van der Waals surface area contributed by atoms with Gasteiger partial charge in [0, 0.05) is 30.8 Å². The second-order valence-corrected chi connectivity index (χ2v) is 11.0. The maximum Gasteiger partial charge on any atom is 0.335 e. The number of hydrogen-bond acceptors (Lipinski definition) is 7. The van der Waals surface area contributed by atoms with Gasteiger partial charge in [0.05, 0.1) is 16.2 Å². The van der Waals surface area contributed by atoms with E-state index in [4.69, 9.17) is 0 Å². The molecule has 0 aliphatic rings. The molecule has 0 bridgehead atoms. The number of aromatic nitrogens is 2. The number of nitrogens with zero attached hydrogens (tertiary/aromatic N) is 2. The van der Waals surface area contributed by atoms with Gasteiger partial charge >= 0.3 is 5.97 Å². The summed E-state index contributed by atoms with van der Waals surface area (Å²) in [6, 6.07) is 22.8. The molecule has 0 unspecified atom stereocenters. The molecule has 4 aromatic rings. The van der Waals surface area contributed by atoms with Gasteiger partial charge in [-0.1, -0.05) is 54.6 Å². The molecule has 1 atom stereocenters. The van der Waals surface area contributed by atoms with Crippen molar-refractivity contribution in [1.29, 1.82) is 0 Å². The fourth-order valence-electron chi connectivity index (χ4n) is 4.22. The molecule has 39 heavy (non-hydrogen) atoms. The first-order valence-corrected chi connectivity index (χ1v) is 13.9. The van der Waals surface area contributed by atoms with Gasteiger partial charge in [0.25, 0.3) is 10.0 Å². The van der Waals surface area contributed by atoms with Gasteiger partial charge in [0.15, 0.2) is 0 Å². The molecule has 10 heteroatoms. The number of carboxylic acid groups (broad SMARTS) is 1. The molecule has 9 nitrogen and oxygen atoms in total. The molecule has 0 radical (unpaired) electrons. The van der Waals surface area contributed by atoms with E-state index < -0.39 is 16.0 Å². The Balaban J connectivity index is 1.62. The molecule has 0 saturated heterocycles. The Bertz CT molecular complexity index is 1560. The number of rotatable bonds is 11. The molecule has 4 rings (SSSR count). The first-order chi connectivity index (χ1) is 18.6. The van der Waals surface area contributed by atoms with Crippen molar-refractivity contribution in [3.63, 3.8) is 0 Å². The standard InChI is InChI=1S/C29H31N5O4S/c1-19-9-7-10-20(2)27(19)25-16-26(31-21(3)17-30-18-22-11-5-4-6-12-22)33-29(32-25)34-39(37,38)24-14-8-13-23(15-24)28(35)36/h4-16,21,30H,17-18H2,1-3H3,(H,35,36)(H2,31,32,33,34)/t21-/m1/s1. The van der Waals surface area contributed by atoms with Crippen LogP contribution in [0.25, 0.3) is 11.3 Å². The zero-order valence-electron chi connectivity index (χ0n) is 22.0. The molecular formula is C29H31N5O4S. The molecule has 1 heterocycles. The summed E-state index contributed by atoms with van der Waals surface area (Å²) < 4.78 is 28.7. The predicted molar refractivity (Wildman–Crippen MR) is 152 cm³/mol. The first-order valence-electron chi connectivity index (χ1n) is 12.5. The average molecular weight is 546 g/mol. The van der Waals surface area contributed by atoms with Crippen molar-refractivity contribution < 1.29 is 18.3 Å². The number of carbonyl (C=O) groups is 1. The smallest absolute Gasteiger partial charge is 0.335 e. The van der Waals surface area contributed by atoms with Crippen molar-refractivity contribution in [3.8, 4) is 11.3 Å². The number of nitrogens with one attached hydrogen (secondary N) is 3. The minimum atomic E-state index is -4.16. The van der Waals surface area contributed by atoms with Gasteiger partial charge in [-0.2, -0.15) is 4.98 Å². The Morgan fingerprint density at radius 3 is 2.31 bits per heavy atom. The van der Waals surface area contributed by atoms with Crippen LogP contribution in [0.4, 0.5) is 11.8 Å². The van der Waals surface area contributed by atoms with E-state index in [1.54, 1.807) is 6.07 Å². The number of anilines is 2.